The van der Waals surface area contributed by atoms with E-state index in [2.05, 4.69) is 10.6 Å². The number of pyridine rings is 1. The van der Waals surface area contributed by atoms with Crippen LogP contribution in [0.1, 0.15) is 22.8 Å². The van der Waals surface area contributed by atoms with Gasteiger partial charge in [0.2, 0.25) is 12.5 Å². The van der Waals surface area contributed by atoms with E-state index < -0.39 is 0 Å². The van der Waals surface area contributed by atoms with E-state index in [4.69, 9.17) is 0 Å². The molecule has 2 aromatic carbocycles. The molecule has 0 aliphatic rings. The van der Waals surface area contributed by atoms with Crippen LogP contribution in [0.5, 0.6) is 0 Å². The van der Waals surface area contributed by atoms with Gasteiger partial charge in [-0.3, -0.25) is 14.4 Å². The van der Waals surface area contributed by atoms with Crippen molar-refractivity contribution in [2.24, 2.45) is 0 Å². The maximum absolute atomic E-state index is 12.4. The summed E-state index contributed by atoms with van der Waals surface area (Å²) in [7, 11) is 0. The highest BCUT2D eigenvalue weighted by Gasteiger charge is 2.13. The summed E-state index contributed by atoms with van der Waals surface area (Å²) >= 11 is 0. The number of carbonyl (C=O) groups excluding carboxylic acids is 3. The number of nitrogens with zero attached hydrogens (tertiary/aromatic N) is 1. The molecule has 1 heterocycles. The van der Waals surface area contributed by atoms with Crippen LogP contribution in [0.15, 0.2) is 79.1 Å². The number of nitrogens with one attached hydrogen (secondary N) is 2. The summed E-state index contributed by atoms with van der Waals surface area (Å²) in [5.41, 5.74) is 2.49. The Morgan fingerprint density at radius 3 is 1.86 bits per heavy atom. The summed E-state index contributed by atoms with van der Waals surface area (Å²) in [5.74, 6) is -0.404. The number of aromatic nitrogens is 1. The van der Waals surface area contributed by atoms with Crippen LogP contribution in [-0.4, -0.2) is 17.6 Å². The minimum Gasteiger partial charge on any atom is -0.326 e. The predicted octanol–water partition coefficient (Wildman–Crippen LogP) is 2.80. The molecule has 0 aliphatic carbocycles. The van der Waals surface area contributed by atoms with Gasteiger partial charge in [-0.05, 0) is 24.3 Å². The normalized spacial score (nSPS) is 10.2. The van der Waals surface area contributed by atoms with Crippen LogP contribution in [-0.2, 0) is 16.1 Å². The topological polar surface area (TPSA) is 79.2 Å². The first-order valence-electron chi connectivity index (χ1n) is 8.77. The monoisotopic (exact) mass is 374 g/mol. The lowest BCUT2D eigenvalue weighted by atomic mass is 10.0. The Labute approximate surface area is 162 Å². The van der Waals surface area contributed by atoms with Crippen molar-refractivity contribution in [2.75, 3.05) is 10.6 Å². The van der Waals surface area contributed by atoms with E-state index in [-0.39, 0.29) is 24.1 Å². The van der Waals surface area contributed by atoms with Gasteiger partial charge >= 0.3 is 0 Å². The van der Waals surface area contributed by atoms with E-state index >= 15 is 0 Å². The molecular weight excluding hydrogens is 354 g/mol. The first-order chi connectivity index (χ1) is 13.5. The van der Waals surface area contributed by atoms with Gasteiger partial charge in [0.1, 0.15) is 0 Å². The third-order valence-electron chi connectivity index (χ3n) is 4.00. The standard InChI is InChI=1S/C22H19N3O3/c1-16(26)23-19-7-9-20(10-8-19)24-21(27)15-25-13-11-18(12-14-25)22(28)17-5-3-2-4-6-17/h2-14,28H,15H2,1H3/p+1. The molecule has 0 atom stereocenters. The van der Waals surface area contributed by atoms with Crippen LogP contribution in [0.3, 0.4) is 0 Å². The number of rotatable bonds is 6. The van der Waals surface area contributed by atoms with Crippen LogP contribution < -0.4 is 15.2 Å². The minimum absolute atomic E-state index is 0.0588. The van der Waals surface area contributed by atoms with Crippen LogP contribution >= 0.6 is 0 Å². The summed E-state index contributed by atoms with van der Waals surface area (Å²) < 4.78 is 1.70. The molecule has 140 valence electrons. The Morgan fingerprint density at radius 2 is 1.29 bits per heavy atom. The second-order valence-corrected chi connectivity index (χ2v) is 6.26. The maximum Gasteiger partial charge on any atom is 0.290 e. The molecule has 0 fully saturated rings. The van der Waals surface area contributed by atoms with Crippen molar-refractivity contribution >= 4 is 29.0 Å². The quantitative estimate of drug-likeness (QED) is 0.514. The zero-order valence-corrected chi connectivity index (χ0v) is 15.4. The van der Waals surface area contributed by atoms with Crippen molar-refractivity contribution < 1.29 is 19.0 Å². The van der Waals surface area contributed by atoms with Gasteiger partial charge in [-0.1, -0.05) is 30.3 Å². The van der Waals surface area contributed by atoms with E-state index in [9.17, 15) is 14.4 Å². The van der Waals surface area contributed by atoms with Crippen LogP contribution in [0.25, 0.3) is 0 Å². The lowest BCUT2D eigenvalue weighted by Gasteiger charge is -2.06. The molecule has 6 heteroatoms. The summed E-state index contributed by atoms with van der Waals surface area (Å²) in [6.45, 7) is 1.55. The van der Waals surface area contributed by atoms with E-state index in [0.29, 0.717) is 22.5 Å². The Bertz CT molecular complexity index is 982. The third kappa shape index (κ3) is 5.11. The molecule has 6 nitrogen and oxygen atoms in total. The largest absolute Gasteiger partial charge is 0.326 e. The van der Waals surface area contributed by atoms with Crippen molar-refractivity contribution in [3.8, 4) is 0 Å². The van der Waals surface area contributed by atoms with Crippen molar-refractivity contribution in [1.29, 1.82) is 0 Å². The number of anilines is 2. The second kappa shape index (κ2) is 8.73. The van der Waals surface area contributed by atoms with Crippen LogP contribution in [0.4, 0.5) is 11.4 Å². The highest BCUT2D eigenvalue weighted by Crippen LogP contribution is 2.13. The Balaban J connectivity index is 1.58. The van der Waals surface area contributed by atoms with E-state index in [0.717, 1.165) is 0 Å². The molecule has 0 bridgehead atoms. The summed E-state index contributed by atoms with van der Waals surface area (Å²) in [5, 5.41) is 5.46. The summed E-state index contributed by atoms with van der Waals surface area (Å²) in [6.07, 6.45) is 3.41. The fourth-order valence-electron chi connectivity index (χ4n) is 2.68. The smallest absolute Gasteiger partial charge is 0.290 e. The number of carbonyl (C=O) groups is 3. The molecule has 0 aliphatic heterocycles. The lowest BCUT2D eigenvalue weighted by Crippen LogP contribution is -2.39. The summed E-state index contributed by atoms with van der Waals surface area (Å²) in [6, 6.07) is 19.3. The number of ketones is 1. The predicted molar refractivity (Wildman–Crippen MR) is 106 cm³/mol. The SMILES string of the molecule is CC(=O)Nc1ccc(NC(=O)C[n+]2ccc(C(=O)c3ccccc3)cc2)cc1. The zero-order valence-electron chi connectivity index (χ0n) is 15.4. The van der Waals surface area contributed by atoms with Crippen molar-refractivity contribution in [1.82, 2.24) is 0 Å². The highest BCUT2D eigenvalue weighted by atomic mass is 16.2. The van der Waals surface area contributed by atoms with E-state index in [1.54, 1.807) is 65.5 Å². The second-order valence-electron chi connectivity index (χ2n) is 6.26. The maximum atomic E-state index is 12.4. The van der Waals surface area contributed by atoms with Gasteiger partial charge in [-0.15, -0.1) is 0 Å². The minimum atomic E-state index is -0.195. The molecule has 0 unspecified atom stereocenters. The number of hydrogen-bond donors (Lipinski definition) is 2. The van der Waals surface area contributed by atoms with Crippen molar-refractivity contribution in [3.63, 3.8) is 0 Å². The van der Waals surface area contributed by atoms with Crippen LogP contribution in [0, 0.1) is 0 Å². The van der Waals surface area contributed by atoms with Gasteiger partial charge in [0, 0.05) is 41.6 Å². The van der Waals surface area contributed by atoms with Crippen molar-refractivity contribution in [2.45, 2.75) is 13.5 Å². The molecule has 28 heavy (non-hydrogen) atoms. The lowest BCUT2D eigenvalue weighted by molar-refractivity contribution is -0.684. The fourth-order valence-corrected chi connectivity index (χ4v) is 2.68. The average molecular weight is 374 g/mol. The summed E-state index contributed by atoms with van der Waals surface area (Å²) in [4.78, 5) is 35.6. The highest BCUT2D eigenvalue weighted by molar-refractivity contribution is 6.08. The zero-order chi connectivity index (χ0) is 19.9. The van der Waals surface area contributed by atoms with Gasteiger partial charge < -0.3 is 10.6 Å². The Morgan fingerprint density at radius 1 is 0.750 bits per heavy atom. The third-order valence-corrected chi connectivity index (χ3v) is 4.00. The van der Waals surface area contributed by atoms with Gasteiger partial charge in [0.05, 0.1) is 0 Å². The van der Waals surface area contributed by atoms with E-state index in [1.165, 1.54) is 6.92 Å². The first kappa shape index (κ1) is 19.0. The molecule has 0 saturated heterocycles. The van der Waals surface area contributed by atoms with Gasteiger partial charge in [0.15, 0.2) is 18.2 Å². The molecule has 0 spiro atoms. The fraction of sp³-hybridized carbons (Fsp3) is 0.0909. The molecule has 3 aromatic rings. The molecule has 0 saturated carbocycles. The Kier molecular flexibility index (Phi) is 5.91. The van der Waals surface area contributed by atoms with Crippen molar-refractivity contribution in [3.05, 3.63) is 90.3 Å². The molecule has 3 rings (SSSR count). The van der Waals surface area contributed by atoms with Crippen LogP contribution in [0.2, 0.25) is 0 Å². The average Bonchev–Trinajstić information content (AvgIpc) is 2.70. The molecule has 2 amide bonds. The number of benzene rings is 2. The molecule has 0 radical (unpaired) electrons. The molecular formula is C22H20N3O3+. The van der Waals surface area contributed by atoms with E-state index in [1.807, 2.05) is 18.2 Å². The Hall–Kier alpha value is -3.80. The number of hydrogen-bond acceptors (Lipinski definition) is 3. The van der Waals surface area contributed by atoms with Gasteiger partial charge in [-0.25, -0.2) is 0 Å². The molecule has 1 aromatic heterocycles. The van der Waals surface area contributed by atoms with Gasteiger partial charge in [0.25, 0.3) is 5.91 Å². The first-order valence-corrected chi connectivity index (χ1v) is 8.77. The number of amides is 2. The van der Waals surface area contributed by atoms with Gasteiger partial charge in [-0.2, -0.15) is 4.57 Å². The molecule has 2 N–H and O–H groups in total.